The molecule has 0 atom stereocenters. The molecule has 1 saturated heterocycles. The third-order valence-electron chi connectivity index (χ3n) is 4.82. The van der Waals surface area contributed by atoms with E-state index in [-0.39, 0.29) is 17.3 Å². The molecule has 0 bridgehead atoms. The summed E-state index contributed by atoms with van der Waals surface area (Å²) in [5.41, 5.74) is 1.21. The Morgan fingerprint density at radius 1 is 1.00 bits per heavy atom. The molecular weight excluding hydrogens is 443 g/mol. The summed E-state index contributed by atoms with van der Waals surface area (Å²) in [6.45, 7) is 4.47. The molecule has 3 heterocycles. The summed E-state index contributed by atoms with van der Waals surface area (Å²) >= 11 is 0. The highest BCUT2D eigenvalue weighted by atomic mass is 19.4. The van der Waals surface area contributed by atoms with Crippen LogP contribution in [0.2, 0.25) is 0 Å². The van der Waals surface area contributed by atoms with Crippen molar-refractivity contribution < 1.29 is 27.9 Å². The predicted molar refractivity (Wildman–Crippen MR) is 113 cm³/mol. The van der Waals surface area contributed by atoms with E-state index in [1.807, 2.05) is 25.1 Å². The van der Waals surface area contributed by atoms with Gasteiger partial charge in [-0.1, -0.05) is 18.2 Å². The lowest BCUT2D eigenvalue weighted by atomic mass is 10.2. The van der Waals surface area contributed by atoms with E-state index >= 15 is 0 Å². The number of rotatable bonds is 2. The quantitative estimate of drug-likeness (QED) is 0.598. The molecule has 2 N–H and O–H groups in total. The number of aryl methyl sites for hydroxylation is 1. The van der Waals surface area contributed by atoms with Gasteiger partial charge in [0.15, 0.2) is 5.82 Å². The average molecular weight is 463 g/mol. The number of nitrogens with one attached hydrogen (secondary N) is 1. The minimum absolute atomic E-state index is 0.0934. The number of piperazine rings is 1. The molecule has 1 aliphatic heterocycles. The van der Waals surface area contributed by atoms with Crippen LogP contribution >= 0.6 is 0 Å². The minimum Gasteiger partial charge on any atom is -0.475 e. The number of hydrogen-bond donors (Lipinski definition) is 2. The summed E-state index contributed by atoms with van der Waals surface area (Å²) in [6.07, 6.45) is -5.08. The van der Waals surface area contributed by atoms with E-state index < -0.39 is 12.1 Å². The molecule has 3 aromatic rings. The Balaban J connectivity index is 0.000000383. The molecule has 33 heavy (non-hydrogen) atoms. The molecule has 4 rings (SSSR count). The van der Waals surface area contributed by atoms with E-state index in [0.29, 0.717) is 37.1 Å². The van der Waals surface area contributed by atoms with Crippen LogP contribution in [0.15, 0.2) is 47.3 Å². The first-order valence-electron chi connectivity index (χ1n) is 9.83. The van der Waals surface area contributed by atoms with Crippen molar-refractivity contribution in [1.29, 1.82) is 0 Å². The summed E-state index contributed by atoms with van der Waals surface area (Å²) in [6, 6.07) is 12.9. The number of alkyl halides is 3. The minimum atomic E-state index is -5.08. The number of halogens is 3. The second-order valence-corrected chi connectivity index (χ2v) is 7.15. The summed E-state index contributed by atoms with van der Waals surface area (Å²) in [5.74, 6) is -1.98. The van der Waals surface area contributed by atoms with Crippen LogP contribution in [0.3, 0.4) is 0 Å². The van der Waals surface area contributed by atoms with Gasteiger partial charge in [-0.05, 0) is 31.2 Å². The zero-order valence-electron chi connectivity index (χ0n) is 17.5. The number of benzene rings is 1. The van der Waals surface area contributed by atoms with Gasteiger partial charge in [-0.15, -0.1) is 0 Å². The van der Waals surface area contributed by atoms with Gasteiger partial charge in [0.25, 0.3) is 11.5 Å². The first-order chi connectivity index (χ1) is 15.6. The van der Waals surface area contributed by atoms with Crippen molar-refractivity contribution >= 4 is 28.6 Å². The molecule has 0 spiro atoms. The van der Waals surface area contributed by atoms with Crippen molar-refractivity contribution in [2.75, 3.05) is 31.1 Å². The Bertz CT molecular complexity index is 1220. The second kappa shape index (κ2) is 9.67. The summed E-state index contributed by atoms with van der Waals surface area (Å²) in [4.78, 5) is 49.2. The Morgan fingerprint density at radius 3 is 2.24 bits per heavy atom. The summed E-state index contributed by atoms with van der Waals surface area (Å²) < 4.78 is 31.7. The fraction of sp³-hybridized carbons (Fsp3) is 0.286. The second-order valence-electron chi connectivity index (χ2n) is 7.15. The third kappa shape index (κ3) is 5.84. The number of hydrogen-bond acceptors (Lipinski definition) is 6. The van der Waals surface area contributed by atoms with E-state index in [1.54, 1.807) is 29.2 Å². The molecular formula is C21H20F3N5O4. The Labute approximate surface area is 185 Å². The van der Waals surface area contributed by atoms with Gasteiger partial charge in [0.2, 0.25) is 0 Å². The highest BCUT2D eigenvalue weighted by Crippen LogP contribution is 2.15. The smallest absolute Gasteiger partial charge is 0.475 e. The molecule has 174 valence electrons. The number of carboxylic acids is 1. The van der Waals surface area contributed by atoms with E-state index in [2.05, 4.69) is 19.9 Å². The molecule has 1 amide bonds. The number of H-pyrrole nitrogens is 1. The van der Waals surface area contributed by atoms with Crippen LogP contribution in [0.1, 0.15) is 16.3 Å². The first kappa shape index (κ1) is 23.7. The number of carboxylic acid groups (broad SMARTS) is 1. The summed E-state index contributed by atoms with van der Waals surface area (Å²) in [5, 5.41) is 7.61. The van der Waals surface area contributed by atoms with Gasteiger partial charge >= 0.3 is 12.1 Å². The maximum Gasteiger partial charge on any atom is 0.490 e. The van der Waals surface area contributed by atoms with Gasteiger partial charge in [0.05, 0.1) is 10.9 Å². The lowest BCUT2D eigenvalue weighted by Crippen LogP contribution is -2.49. The van der Waals surface area contributed by atoms with E-state index in [1.165, 1.54) is 0 Å². The van der Waals surface area contributed by atoms with Gasteiger partial charge < -0.3 is 19.9 Å². The highest BCUT2D eigenvalue weighted by Gasteiger charge is 2.38. The molecule has 0 saturated carbocycles. The van der Waals surface area contributed by atoms with E-state index in [4.69, 9.17) is 9.90 Å². The van der Waals surface area contributed by atoms with Crippen molar-refractivity contribution in [2.24, 2.45) is 0 Å². The molecule has 0 radical (unpaired) electrons. The van der Waals surface area contributed by atoms with E-state index in [9.17, 15) is 22.8 Å². The van der Waals surface area contributed by atoms with Crippen LogP contribution in [0.5, 0.6) is 0 Å². The van der Waals surface area contributed by atoms with E-state index in [0.717, 1.165) is 11.5 Å². The number of aromatic amines is 1. The van der Waals surface area contributed by atoms with Gasteiger partial charge in [-0.3, -0.25) is 9.59 Å². The number of amides is 1. The van der Waals surface area contributed by atoms with Gasteiger partial charge in [-0.2, -0.15) is 13.2 Å². The zero-order valence-corrected chi connectivity index (χ0v) is 17.5. The van der Waals surface area contributed by atoms with Crippen molar-refractivity contribution in [3.05, 3.63) is 64.3 Å². The van der Waals surface area contributed by atoms with Crippen LogP contribution in [0.4, 0.5) is 19.0 Å². The molecule has 1 aromatic carbocycles. The molecule has 0 unspecified atom stereocenters. The lowest BCUT2D eigenvalue weighted by Gasteiger charge is -2.35. The van der Waals surface area contributed by atoms with Crippen molar-refractivity contribution in [1.82, 2.24) is 19.9 Å². The number of carbonyl (C=O) groups is 2. The topological polar surface area (TPSA) is 119 Å². The number of pyridine rings is 1. The van der Waals surface area contributed by atoms with Crippen LogP contribution in [-0.4, -0.2) is 69.2 Å². The van der Waals surface area contributed by atoms with Gasteiger partial charge in [0, 0.05) is 31.9 Å². The zero-order chi connectivity index (χ0) is 24.2. The third-order valence-corrected chi connectivity index (χ3v) is 4.82. The number of para-hydroxylation sites is 1. The molecule has 9 nitrogen and oxygen atoms in total. The normalized spacial score (nSPS) is 13.9. The number of aromatic nitrogens is 3. The summed E-state index contributed by atoms with van der Waals surface area (Å²) in [7, 11) is 0. The number of nitrogens with zero attached hydrogens (tertiary/aromatic N) is 4. The Morgan fingerprint density at radius 2 is 1.64 bits per heavy atom. The Hall–Kier alpha value is -3.96. The fourth-order valence-corrected chi connectivity index (χ4v) is 3.18. The number of carbonyl (C=O) groups excluding carboxylic acids is 1. The van der Waals surface area contributed by atoms with Gasteiger partial charge in [-0.25, -0.2) is 14.8 Å². The van der Waals surface area contributed by atoms with Crippen molar-refractivity contribution in [2.45, 2.75) is 13.1 Å². The molecule has 2 aromatic heterocycles. The lowest BCUT2D eigenvalue weighted by molar-refractivity contribution is -0.192. The molecule has 0 aliphatic carbocycles. The van der Waals surface area contributed by atoms with Crippen LogP contribution in [0, 0.1) is 6.92 Å². The SMILES string of the molecule is Cc1cccc(N2CCN(C(=O)c3nc4ccccc4c(=O)[nH]3)CC2)n1.O=C(O)C(F)(F)F. The van der Waals surface area contributed by atoms with Crippen LogP contribution in [-0.2, 0) is 4.79 Å². The van der Waals surface area contributed by atoms with Crippen molar-refractivity contribution in [3.8, 4) is 0 Å². The molecule has 1 aliphatic rings. The predicted octanol–water partition coefficient (Wildman–Crippen LogP) is 2.22. The maximum atomic E-state index is 12.8. The maximum absolute atomic E-state index is 12.8. The first-order valence-corrected chi connectivity index (χ1v) is 9.83. The number of aliphatic carboxylic acids is 1. The highest BCUT2D eigenvalue weighted by molar-refractivity contribution is 5.92. The number of anilines is 1. The molecule has 12 heteroatoms. The monoisotopic (exact) mass is 463 g/mol. The molecule has 1 fully saturated rings. The number of fused-ring (bicyclic) bond motifs is 1. The average Bonchev–Trinajstić information content (AvgIpc) is 2.78. The van der Waals surface area contributed by atoms with Crippen LogP contribution in [0.25, 0.3) is 10.9 Å². The standard InChI is InChI=1S/C19H19N5O2.C2HF3O2/c1-13-5-4-8-16(20-13)23-9-11-24(12-10-23)19(26)17-21-15-7-3-2-6-14(15)18(25)22-17;3-2(4,5)1(6)7/h2-8H,9-12H2,1H3,(H,21,22,25);(H,6,7). The van der Waals surface area contributed by atoms with Crippen molar-refractivity contribution in [3.63, 3.8) is 0 Å². The largest absolute Gasteiger partial charge is 0.490 e. The van der Waals surface area contributed by atoms with Crippen LogP contribution < -0.4 is 10.5 Å². The fourth-order valence-electron chi connectivity index (χ4n) is 3.18. The Kier molecular flexibility index (Phi) is 6.95. The van der Waals surface area contributed by atoms with Gasteiger partial charge in [0.1, 0.15) is 5.82 Å².